The zero-order chi connectivity index (χ0) is 12.0. The molecule has 0 amide bonds. The first kappa shape index (κ1) is 13.0. The average Bonchev–Trinajstić information content (AvgIpc) is 2.30. The number of likely N-dealkylation sites (N-methyl/N-ethyl adjacent to an activating group) is 1. The summed E-state index contributed by atoms with van der Waals surface area (Å²) in [5, 5.41) is 0.484. The van der Waals surface area contributed by atoms with Crippen molar-refractivity contribution in [3.63, 3.8) is 0 Å². The van der Waals surface area contributed by atoms with Gasteiger partial charge in [-0.2, -0.15) is 4.98 Å². The van der Waals surface area contributed by atoms with E-state index in [1.165, 1.54) is 6.20 Å². The zero-order valence-corrected chi connectivity index (χ0v) is 10.2. The van der Waals surface area contributed by atoms with Crippen LogP contribution in [0, 0.1) is 0 Å². The molecule has 0 saturated carbocycles. The van der Waals surface area contributed by atoms with Gasteiger partial charge < -0.3 is 9.64 Å². The maximum absolute atomic E-state index is 5.98. The lowest BCUT2D eigenvalue weighted by Gasteiger charge is -2.19. The fourth-order valence-electron chi connectivity index (χ4n) is 1.15. The molecule has 6 nitrogen and oxygen atoms in total. The average molecular weight is 246 g/mol. The van der Waals surface area contributed by atoms with Crippen LogP contribution in [-0.4, -0.2) is 36.8 Å². The minimum atomic E-state index is 0.336. The Labute approximate surface area is 99.7 Å². The number of hydrazine groups is 1. The summed E-state index contributed by atoms with van der Waals surface area (Å²) in [6.45, 7) is 3.97. The molecule has 0 aliphatic carbocycles. The van der Waals surface area contributed by atoms with Gasteiger partial charge in [-0.1, -0.05) is 11.6 Å². The molecule has 3 N–H and O–H groups in total. The Kier molecular flexibility index (Phi) is 5.24. The third-order valence-corrected chi connectivity index (χ3v) is 2.26. The first-order valence-electron chi connectivity index (χ1n) is 4.97. The molecule has 0 spiro atoms. The van der Waals surface area contributed by atoms with E-state index in [0.29, 0.717) is 36.5 Å². The summed E-state index contributed by atoms with van der Waals surface area (Å²) in [6, 6.07) is 0. The predicted octanol–water partition coefficient (Wildman–Crippen LogP) is 0.888. The fraction of sp³-hybridized carbons (Fsp3) is 0.556. The monoisotopic (exact) mass is 245 g/mol. The van der Waals surface area contributed by atoms with Crippen molar-refractivity contribution in [2.24, 2.45) is 5.84 Å². The number of rotatable bonds is 6. The van der Waals surface area contributed by atoms with Crippen LogP contribution in [0.4, 0.5) is 11.8 Å². The lowest BCUT2D eigenvalue weighted by Crippen LogP contribution is -2.24. The number of aromatic nitrogens is 2. The van der Waals surface area contributed by atoms with Crippen LogP contribution in [0.25, 0.3) is 0 Å². The molecular formula is C9H16ClN5O. The number of hydrogen-bond acceptors (Lipinski definition) is 6. The third kappa shape index (κ3) is 3.48. The van der Waals surface area contributed by atoms with Gasteiger partial charge in [-0.3, -0.25) is 5.43 Å². The number of nitrogen functional groups attached to an aromatic ring is 1. The van der Waals surface area contributed by atoms with E-state index in [1.54, 1.807) is 0 Å². The summed E-state index contributed by atoms with van der Waals surface area (Å²) in [6.07, 6.45) is 1.51. The van der Waals surface area contributed by atoms with Crippen LogP contribution in [0.3, 0.4) is 0 Å². The highest BCUT2D eigenvalue weighted by atomic mass is 35.5. The van der Waals surface area contributed by atoms with E-state index in [-0.39, 0.29) is 0 Å². The summed E-state index contributed by atoms with van der Waals surface area (Å²) in [7, 11) is 1.88. The minimum absolute atomic E-state index is 0.336. The van der Waals surface area contributed by atoms with Gasteiger partial charge in [0.1, 0.15) is 5.02 Å². The van der Waals surface area contributed by atoms with Gasteiger partial charge in [-0.25, -0.2) is 10.8 Å². The SMILES string of the molecule is CCOCCN(C)c1nc(NN)ncc1Cl. The molecule has 0 unspecified atom stereocenters. The van der Waals surface area contributed by atoms with Crippen molar-refractivity contribution in [1.82, 2.24) is 9.97 Å². The molecule has 0 aliphatic rings. The van der Waals surface area contributed by atoms with Gasteiger partial charge in [0.25, 0.3) is 0 Å². The Bertz CT molecular complexity index is 336. The number of anilines is 2. The number of hydrogen-bond donors (Lipinski definition) is 2. The summed E-state index contributed by atoms with van der Waals surface area (Å²) in [5.41, 5.74) is 2.38. The van der Waals surface area contributed by atoms with Gasteiger partial charge in [0.15, 0.2) is 5.82 Å². The first-order chi connectivity index (χ1) is 7.69. The van der Waals surface area contributed by atoms with Crippen LogP contribution in [0.15, 0.2) is 6.20 Å². The summed E-state index contributed by atoms with van der Waals surface area (Å²) < 4.78 is 5.25. The lowest BCUT2D eigenvalue weighted by atomic mass is 10.5. The molecule has 1 heterocycles. The van der Waals surface area contributed by atoms with Crippen LogP contribution >= 0.6 is 11.6 Å². The molecule has 7 heteroatoms. The van der Waals surface area contributed by atoms with Gasteiger partial charge in [0.2, 0.25) is 5.95 Å². The van der Waals surface area contributed by atoms with E-state index in [9.17, 15) is 0 Å². The quantitative estimate of drug-likeness (QED) is 0.440. The predicted molar refractivity (Wildman–Crippen MR) is 64.6 cm³/mol. The molecule has 0 atom stereocenters. The molecule has 1 aromatic heterocycles. The van der Waals surface area contributed by atoms with E-state index >= 15 is 0 Å². The van der Waals surface area contributed by atoms with Crippen molar-refractivity contribution >= 4 is 23.4 Å². The maximum Gasteiger partial charge on any atom is 0.239 e. The zero-order valence-electron chi connectivity index (χ0n) is 9.40. The molecule has 1 rings (SSSR count). The number of nitrogens with zero attached hydrogens (tertiary/aromatic N) is 3. The van der Waals surface area contributed by atoms with Crippen molar-refractivity contribution in [1.29, 1.82) is 0 Å². The van der Waals surface area contributed by atoms with Gasteiger partial charge >= 0.3 is 0 Å². The maximum atomic E-state index is 5.98. The van der Waals surface area contributed by atoms with E-state index in [2.05, 4.69) is 15.4 Å². The Morgan fingerprint density at radius 3 is 3.00 bits per heavy atom. The number of nitrogens with one attached hydrogen (secondary N) is 1. The van der Waals surface area contributed by atoms with Crippen molar-refractivity contribution in [2.75, 3.05) is 37.1 Å². The van der Waals surface area contributed by atoms with E-state index in [1.807, 2.05) is 18.9 Å². The minimum Gasteiger partial charge on any atom is -0.380 e. The van der Waals surface area contributed by atoms with Crippen LogP contribution in [-0.2, 0) is 4.74 Å². The van der Waals surface area contributed by atoms with Crippen LogP contribution in [0.1, 0.15) is 6.92 Å². The van der Waals surface area contributed by atoms with Crippen LogP contribution < -0.4 is 16.2 Å². The van der Waals surface area contributed by atoms with Gasteiger partial charge in [-0.05, 0) is 6.92 Å². The second-order valence-corrected chi connectivity index (χ2v) is 3.54. The second-order valence-electron chi connectivity index (χ2n) is 3.13. The molecular weight excluding hydrogens is 230 g/mol. The standard InChI is InChI=1S/C9H16ClN5O/c1-3-16-5-4-15(2)8-7(10)6-12-9(13-8)14-11/h6H,3-5,11H2,1-2H3,(H,12,13,14). The molecule has 1 aromatic rings. The summed E-state index contributed by atoms with van der Waals surface area (Å²) in [5.74, 6) is 6.19. The molecule has 0 aromatic carbocycles. The van der Waals surface area contributed by atoms with Crippen molar-refractivity contribution in [2.45, 2.75) is 6.92 Å². The molecule has 0 saturated heterocycles. The fourth-order valence-corrected chi connectivity index (χ4v) is 1.38. The van der Waals surface area contributed by atoms with Crippen molar-refractivity contribution in [3.05, 3.63) is 11.2 Å². The summed E-state index contributed by atoms with van der Waals surface area (Å²) >= 11 is 5.98. The van der Waals surface area contributed by atoms with Gasteiger partial charge in [0, 0.05) is 20.2 Å². The topological polar surface area (TPSA) is 76.3 Å². The number of nitrogens with two attached hydrogens (primary N) is 1. The smallest absolute Gasteiger partial charge is 0.239 e. The highest BCUT2D eigenvalue weighted by molar-refractivity contribution is 6.32. The van der Waals surface area contributed by atoms with Crippen LogP contribution in [0.5, 0.6) is 0 Å². The van der Waals surface area contributed by atoms with Gasteiger partial charge in [-0.15, -0.1) is 0 Å². The Hall–Kier alpha value is -1.11. The molecule has 0 aliphatic heterocycles. The lowest BCUT2D eigenvalue weighted by molar-refractivity contribution is 0.154. The van der Waals surface area contributed by atoms with E-state index in [4.69, 9.17) is 22.2 Å². The second kappa shape index (κ2) is 6.47. The Morgan fingerprint density at radius 2 is 2.38 bits per heavy atom. The Balaban J connectivity index is 2.69. The van der Waals surface area contributed by atoms with Crippen molar-refractivity contribution < 1.29 is 4.74 Å². The molecule has 0 fully saturated rings. The molecule has 16 heavy (non-hydrogen) atoms. The normalized spacial score (nSPS) is 10.2. The first-order valence-corrected chi connectivity index (χ1v) is 5.34. The van der Waals surface area contributed by atoms with Crippen molar-refractivity contribution in [3.8, 4) is 0 Å². The molecule has 90 valence electrons. The molecule has 0 bridgehead atoms. The van der Waals surface area contributed by atoms with Gasteiger partial charge in [0.05, 0.1) is 12.8 Å². The van der Waals surface area contributed by atoms with Crippen LogP contribution in [0.2, 0.25) is 5.02 Å². The Morgan fingerprint density at radius 1 is 1.62 bits per heavy atom. The highest BCUT2D eigenvalue weighted by Crippen LogP contribution is 2.22. The number of ether oxygens (including phenoxy) is 1. The highest BCUT2D eigenvalue weighted by Gasteiger charge is 2.09. The van der Waals surface area contributed by atoms with E-state index in [0.717, 1.165) is 0 Å². The largest absolute Gasteiger partial charge is 0.380 e. The van der Waals surface area contributed by atoms with E-state index < -0.39 is 0 Å². The molecule has 0 radical (unpaired) electrons. The third-order valence-electron chi connectivity index (χ3n) is 1.99. The number of halogens is 1. The summed E-state index contributed by atoms with van der Waals surface area (Å²) in [4.78, 5) is 9.95.